The molecule has 1 aromatic rings. The Kier molecular flexibility index (Phi) is 4.21. The first-order valence-electron chi connectivity index (χ1n) is 5.85. The van der Waals surface area contributed by atoms with Gasteiger partial charge in [-0.15, -0.1) is 0 Å². The third-order valence-corrected chi connectivity index (χ3v) is 2.21. The molecule has 0 saturated heterocycles. The van der Waals surface area contributed by atoms with Gasteiger partial charge in [0.05, 0.1) is 0 Å². The average molecular weight is 236 g/mol. The molecule has 94 valence electrons. The van der Waals surface area contributed by atoms with Crippen molar-refractivity contribution in [3.05, 3.63) is 23.8 Å². The highest BCUT2D eigenvalue weighted by molar-refractivity contribution is 5.77. The summed E-state index contributed by atoms with van der Waals surface area (Å²) >= 11 is 0. The topological polar surface area (TPSA) is 52.1 Å². The van der Waals surface area contributed by atoms with Crippen molar-refractivity contribution < 1.29 is 9.53 Å². The fraction of sp³-hybridized carbons (Fsp3) is 0.615. The number of rotatable bonds is 3. The van der Waals surface area contributed by atoms with Gasteiger partial charge in [-0.05, 0) is 39.7 Å². The Bertz CT molecular complexity index is 379. The van der Waals surface area contributed by atoms with Crippen molar-refractivity contribution in [3.8, 4) is 0 Å². The standard InChI is InChI=1S/C13H20N2O2/c1-6-10(12(16)17-13(3,4)5)11-14-7-9(2)8-15-11/h7-8,10H,6H2,1-5H3. The number of nitrogens with zero attached hydrogens (tertiary/aromatic N) is 2. The van der Waals surface area contributed by atoms with Crippen LogP contribution in [-0.2, 0) is 9.53 Å². The van der Waals surface area contributed by atoms with Crippen LogP contribution in [0.2, 0.25) is 0 Å². The van der Waals surface area contributed by atoms with Gasteiger partial charge in [0.2, 0.25) is 0 Å². The Morgan fingerprint density at radius 1 is 1.35 bits per heavy atom. The third kappa shape index (κ3) is 4.13. The van der Waals surface area contributed by atoms with Gasteiger partial charge in [0.1, 0.15) is 17.3 Å². The molecule has 17 heavy (non-hydrogen) atoms. The summed E-state index contributed by atoms with van der Waals surface area (Å²) in [7, 11) is 0. The first-order chi connectivity index (χ1) is 7.83. The highest BCUT2D eigenvalue weighted by atomic mass is 16.6. The van der Waals surface area contributed by atoms with Crippen LogP contribution >= 0.6 is 0 Å². The van der Waals surface area contributed by atoms with Gasteiger partial charge in [0, 0.05) is 12.4 Å². The van der Waals surface area contributed by atoms with Crippen LogP contribution < -0.4 is 0 Å². The monoisotopic (exact) mass is 236 g/mol. The molecule has 1 rings (SSSR count). The van der Waals surface area contributed by atoms with Crippen molar-refractivity contribution in [1.29, 1.82) is 0 Å². The Morgan fingerprint density at radius 3 is 2.29 bits per heavy atom. The maximum Gasteiger partial charge on any atom is 0.317 e. The minimum atomic E-state index is -0.477. The second-order valence-electron chi connectivity index (χ2n) is 5.11. The zero-order valence-corrected chi connectivity index (χ0v) is 11.2. The van der Waals surface area contributed by atoms with Crippen molar-refractivity contribution in [2.45, 2.75) is 52.6 Å². The molecule has 0 amide bonds. The third-order valence-electron chi connectivity index (χ3n) is 2.21. The van der Waals surface area contributed by atoms with Gasteiger partial charge in [-0.1, -0.05) is 6.92 Å². The molecule has 0 spiro atoms. The fourth-order valence-corrected chi connectivity index (χ4v) is 1.41. The maximum absolute atomic E-state index is 12.0. The Balaban J connectivity index is 2.84. The first-order valence-corrected chi connectivity index (χ1v) is 5.85. The van der Waals surface area contributed by atoms with E-state index in [9.17, 15) is 4.79 Å². The molecule has 0 radical (unpaired) electrons. The lowest BCUT2D eigenvalue weighted by molar-refractivity contribution is -0.157. The molecule has 0 aliphatic carbocycles. The number of carbonyl (C=O) groups excluding carboxylic acids is 1. The minimum absolute atomic E-state index is 0.260. The molecule has 1 aromatic heterocycles. The van der Waals surface area contributed by atoms with Crippen LogP contribution in [0.25, 0.3) is 0 Å². The summed E-state index contributed by atoms with van der Waals surface area (Å²) in [5.41, 5.74) is 0.502. The zero-order chi connectivity index (χ0) is 13.1. The predicted octanol–water partition coefficient (Wildman–Crippen LogP) is 2.62. The molecular weight excluding hydrogens is 216 g/mol. The fourth-order valence-electron chi connectivity index (χ4n) is 1.41. The molecule has 1 heterocycles. The van der Waals surface area contributed by atoms with E-state index in [1.165, 1.54) is 0 Å². The van der Waals surface area contributed by atoms with E-state index in [2.05, 4.69) is 9.97 Å². The van der Waals surface area contributed by atoms with Gasteiger partial charge in [-0.2, -0.15) is 0 Å². The van der Waals surface area contributed by atoms with Crippen LogP contribution in [0.4, 0.5) is 0 Å². The minimum Gasteiger partial charge on any atom is -0.459 e. The highest BCUT2D eigenvalue weighted by Gasteiger charge is 2.27. The lowest BCUT2D eigenvalue weighted by atomic mass is 10.1. The Hall–Kier alpha value is -1.45. The van der Waals surface area contributed by atoms with Gasteiger partial charge >= 0.3 is 5.97 Å². The summed E-state index contributed by atoms with van der Waals surface area (Å²) < 4.78 is 5.36. The summed E-state index contributed by atoms with van der Waals surface area (Å²) in [6.07, 6.45) is 4.07. The van der Waals surface area contributed by atoms with Gasteiger partial charge in [0.15, 0.2) is 0 Å². The summed E-state index contributed by atoms with van der Waals surface area (Å²) in [5.74, 6) is -0.106. The van der Waals surface area contributed by atoms with Gasteiger partial charge in [0.25, 0.3) is 0 Å². The molecule has 0 aliphatic rings. The molecule has 0 aliphatic heterocycles. The number of hydrogen-bond donors (Lipinski definition) is 0. The largest absolute Gasteiger partial charge is 0.459 e. The summed E-state index contributed by atoms with van der Waals surface area (Å²) in [6, 6.07) is 0. The second-order valence-corrected chi connectivity index (χ2v) is 5.11. The molecule has 0 saturated carbocycles. The Morgan fingerprint density at radius 2 is 1.88 bits per heavy atom. The van der Waals surface area contributed by atoms with E-state index in [0.29, 0.717) is 12.2 Å². The summed E-state index contributed by atoms with van der Waals surface area (Å²) in [5, 5.41) is 0. The quantitative estimate of drug-likeness (QED) is 0.757. The van der Waals surface area contributed by atoms with E-state index >= 15 is 0 Å². The molecule has 0 N–H and O–H groups in total. The lowest BCUT2D eigenvalue weighted by Gasteiger charge is -2.22. The lowest BCUT2D eigenvalue weighted by Crippen LogP contribution is -2.28. The van der Waals surface area contributed by atoms with Gasteiger partial charge in [-0.25, -0.2) is 9.97 Å². The average Bonchev–Trinajstić information content (AvgIpc) is 2.19. The number of esters is 1. The molecule has 0 fully saturated rings. The van der Waals surface area contributed by atoms with Crippen molar-refractivity contribution >= 4 is 5.97 Å². The summed E-state index contributed by atoms with van der Waals surface area (Å²) in [4.78, 5) is 20.4. The smallest absolute Gasteiger partial charge is 0.317 e. The molecule has 1 unspecified atom stereocenters. The maximum atomic E-state index is 12.0. The van der Waals surface area contributed by atoms with E-state index in [4.69, 9.17) is 4.74 Å². The van der Waals surface area contributed by atoms with Crippen LogP contribution in [0.3, 0.4) is 0 Å². The Labute approximate surface area is 102 Å². The van der Waals surface area contributed by atoms with Crippen molar-refractivity contribution in [2.75, 3.05) is 0 Å². The van der Waals surface area contributed by atoms with E-state index in [1.54, 1.807) is 12.4 Å². The van der Waals surface area contributed by atoms with Crippen molar-refractivity contribution in [1.82, 2.24) is 9.97 Å². The van der Waals surface area contributed by atoms with Crippen LogP contribution in [0.15, 0.2) is 12.4 Å². The molecule has 0 aromatic carbocycles. The van der Waals surface area contributed by atoms with Crippen LogP contribution in [0.5, 0.6) is 0 Å². The summed E-state index contributed by atoms with van der Waals surface area (Å²) in [6.45, 7) is 9.41. The van der Waals surface area contributed by atoms with E-state index in [1.807, 2.05) is 34.6 Å². The number of aromatic nitrogens is 2. The van der Waals surface area contributed by atoms with E-state index in [-0.39, 0.29) is 11.9 Å². The molecule has 1 atom stereocenters. The first kappa shape index (κ1) is 13.6. The van der Waals surface area contributed by atoms with Crippen LogP contribution in [-0.4, -0.2) is 21.5 Å². The molecule has 0 bridgehead atoms. The van der Waals surface area contributed by atoms with Gasteiger partial charge < -0.3 is 4.74 Å². The number of carbonyl (C=O) groups is 1. The van der Waals surface area contributed by atoms with Crippen molar-refractivity contribution in [2.24, 2.45) is 0 Å². The molecule has 4 heteroatoms. The normalized spacial score (nSPS) is 13.2. The van der Waals surface area contributed by atoms with Gasteiger partial charge in [-0.3, -0.25) is 4.79 Å². The number of ether oxygens (including phenoxy) is 1. The SMILES string of the molecule is CCC(C(=O)OC(C)(C)C)c1ncc(C)cn1. The van der Waals surface area contributed by atoms with Crippen LogP contribution in [0.1, 0.15) is 51.4 Å². The number of aryl methyl sites for hydroxylation is 1. The molecule has 4 nitrogen and oxygen atoms in total. The number of hydrogen-bond acceptors (Lipinski definition) is 4. The van der Waals surface area contributed by atoms with E-state index in [0.717, 1.165) is 5.56 Å². The predicted molar refractivity (Wildman–Crippen MR) is 65.6 cm³/mol. The van der Waals surface area contributed by atoms with Crippen molar-refractivity contribution in [3.63, 3.8) is 0 Å². The van der Waals surface area contributed by atoms with Crippen LogP contribution in [0, 0.1) is 6.92 Å². The van der Waals surface area contributed by atoms with E-state index < -0.39 is 5.60 Å². The highest BCUT2D eigenvalue weighted by Crippen LogP contribution is 2.20. The molecular formula is C13H20N2O2. The second kappa shape index (κ2) is 5.25. The zero-order valence-electron chi connectivity index (χ0n) is 11.2.